The molecule has 8 heteroatoms. The van der Waals surface area contributed by atoms with E-state index in [2.05, 4.69) is 5.32 Å². The van der Waals surface area contributed by atoms with Gasteiger partial charge >= 0.3 is 0 Å². The monoisotopic (exact) mass is 352 g/mol. The number of anilines is 1. The number of hydrogen-bond donors (Lipinski definition) is 2. The van der Waals surface area contributed by atoms with E-state index in [1.54, 1.807) is 12.1 Å². The van der Waals surface area contributed by atoms with E-state index in [9.17, 15) is 14.0 Å². The van der Waals surface area contributed by atoms with Gasteiger partial charge in [0.15, 0.2) is 18.1 Å². The molecule has 0 radical (unpaired) electrons. The topological polar surface area (TPSA) is 90.7 Å². The fourth-order valence-electron chi connectivity index (χ4n) is 1.93. The minimum Gasteiger partial charge on any atom is -0.493 e. The molecule has 24 heavy (non-hydrogen) atoms. The smallest absolute Gasteiger partial charge is 0.262 e. The van der Waals surface area contributed by atoms with Gasteiger partial charge in [-0.1, -0.05) is 17.7 Å². The van der Waals surface area contributed by atoms with Crippen molar-refractivity contribution in [2.24, 2.45) is 5.73 Å². The van der Waals surface area contributed by atoms with Gasteiger partial charge in [0.1, 0.15) is 5.82 Å². The molecule has 0 spiro atoms. The Morgan fingerprint density at radius 3 is 2.67 bits per heavy atom. The fraction of sp³-hybridized carbons (Fsp3) is 0.125. The number of ether oxygens (including phenoxy) is 2. The summed E-state index contributed by atoms with van der Waals surface area (Å²) in [6.07, 6.45) is 0. The summed E-state index contributed by atoms with van der Waals surface area (Å²) in [5, 5.41) is 2.38. The van der Waals surface area contributed by atoms with Gasteiger partial charge in [0, 0.05) is 5.69 Å². The van der Waals surface area contributed by atoms with Gasteiger partial charge in [0.25, 0.3) is 11.8 Å². The average molecular weight is 353 g/mol. The van der Waals surface area contributed by atoms with Crippen LogP contribution in [0.4, 0.5) is 10.1 Å². The van der Waals surface area contributed by atoms with Gasteiger partial charge in [-0.05, 0) is 30.3 Å². The van der Waals surface area contributed by atoms with Gasteiger partial charge in [-0.3, -0.25) is 9.59 Å². The summed E-state index contributed by atoms with van der Waals surface area (Å²) in [4.78, 5) is 23.4. The molecule has 6 nitrogen and oxygen atoms in total. The lowest BCUT2D eigenvalue weighted by atomic mass is 10.2. The van der Waals surface area contributed by atoms with E-state index in [0.717, 1.165) is 6.07 Å². The van der Waals surface area contributed by atoms with E-state index in [1.807, 2.05) is 0 Å². The Bertz CT molecular complexity index is 783. The molecule has 0 heterocycles. The summed E-state index contributed by atoms with van der Waals surface area (Å²) >= 11 is 5.64. The predicted molar refractivity (Wildman–Crippen MR) is 87.0 cm³/mol. The number of methoxy groups -OCH3 is 1. The molecular weight excluding hydrogens is 339 g/mol. The Morgan fingerprint density at radius 1 is 1.29 bits per heavy atom. The number of primary amides is 1. The first-order chi connectivity index (χ1) is 11.4. The molecule has 0 fully saturated rings. The van der Waals surface area contributed by atoms with Crippen LogP contribution in [0.2, 0.25) is 5.02 Å². The van der Waals surface area contributed by atoms with Crippen molar-refractivity contribution in [1.29, 1.82) is 0 Å². The lowest BCUT2D eigenvalue weighted by Crippen LogP contribution is -2.22. The van der Waals surface area contributed by atoms with Crippen molar-refractivity contribution >= 4 is 29.1 Å². The second kappa shape index (κ2) is 7.65. The van der Waals surface area contributed by atoms with Gasteiger partial charge in [-0.25, -0.2) is 4.39 Å². The van der Waals surface area contributed by atoms with Crippen LogP contribution in [0.15, 0.2) is 36.4 Å². The summed E-state index contributed by atoms with van der Waals surface area (Å²) in [7, 11) is 1.40. The fourth-order valence-corrected chi connectivity index (χ4v) is 2.11. The van der Waals surface area contributed by atoms with Crippen molar-refractivity contribution < 1.29 is 23.5 Å². The first-order valence-corrected chi connectivity index (χ1v) is 7.14. The van der Waals surface area contributed by atoms with E-state index < -0.39 is 24.2 Å². The molecule has 0 aliphatic rings. The third-order valence-electron chi connectivity index (χ3n) is 3.02. The second-order valence-corrected chi connectivity index (χ2v) is 5.07. The van der Waals surface area contributed by atoms with Crippen LogP contribution in [0.25, 0.3) is 0 Å². The molecule has 2 amide bonds. The van der Waals surface area contributed by atoms with Gasteiger partial charge in [-0.15, -0.1) is 0 Å². The maximum absolute atomic E-state index is 13.1. The predicted octanol–water partition coefficient (Wildman–Crippen LogP) is 2.60. The Kier molecular flexibility index (Phi) is 5.59. The van der Waals surface area contributed by atoms with Crippen molar-refractivity contribution in [1.82, 2.24) is 0 Å². The lowest BCUT2D eigenvalue weighted by Gasteiger charge is -2.13. The molecule has 0 aliphatic carbocycles. The largest absolute Gasteiger partial charge is 0.493 e. The number of carbonyl (C=O) groups is 2. The molecule has 0 saturated carbocycles. The number of para-hydroxylation sites is 1. The van der Waals surface area contributed by atoms with Crippen molar-refractivity contribution in [3.05, 3.63) is 52.8 Å². The molecule has 2 aromatic rings. The molecule has 2 rings (SSSR count). The zero-order chi connectivity index (χ0) is 17.7. The highest BCUT2D eigenvalue weighted by Gasteiger charge is 2.16. The minimum absolute atomic E-state index is 0.0692. The number of nitrogens with two attached hydrogens (primary N) is 1. The first kappa shape index (κ1) is 17.6. The highest BCUT2D eigenvalue weighted by molar-refractivity contribution is 6.31. The lowest BCUT2D eigenvalue weighted by molar-refractivity contribution is -0.118. The number of amides is 2. The van der Waals surface area contributed by atoms with Gasteiger partial charge in [0.05, 0.1) is 17.7 Å². The van der Waals surface area contributed by atoms with Crippen LogP contribution in [0, 0.1) is 5.82 Å². The zero-order valence-corrected chi connectivity index (χ0v) is 13.4. The van der Waals surface area contributed by atoms with Crippen LogP contribution in [0.5, 0.6) is 11.5 Å². The van der Waals surface area contributed by atoms with Gasteiger partial charge < -0.3 is 20.5 Å². The van der Waals surface area contributed by atoms with E-state index in [-0.39, 0.29) is 22.1 Å². The van der Waals surface area contributed by atoms with Crippen LogP contribution in [0.1, 0.15) is 10.4 Å². The molecule has 126 valence electrons. The molecule has 0 atom stereocenters. The number of halogens is 2. The highest BCUT2D eigenvalue weighted by Crippen LogP contribution is 2.30. The zero-order valence-electron chi connectivity index (χ0n) is 12.6. The van der Waals surface area contributed by atoms with Gasteiger partial charge in [0.2, 0.25) is 0 Å². The quantitative estimate of drug-likeness (QED) is 0.836. The second-order valence-electron chi connectivity index (χ2n) is 4.67. The number of carbonyl (C=O) groups excluding carboxylic acids is 2. The van der Waals surface area contributed by atoms with Crippen LogP contribution in [-0.2, 0) is 4.79 Å². The SMILES string of the molecule is COc1cccc(C(N)=O)c1OCC(=O)Nc1ccc(F)c(Cl)c1. The number of nitrogens with one attached hydrogen (secondary N) is 1. The van der Waals surface area contributed by atoms with Crippen molar-refractivity contribution in [2.75, 3.05) is 19.0 Å². The summed E-state index contributed by atoms with van der Waals surface area (Å²) in [5.41, 5.74) is 5.67. The summed E-state index contributed by atoms with van der Waals surface area (Å²) in [5.74, 6) is -1.50. The molecule has 0 saturated heterocycles. The van der Waals surface area contributed by atoms with Crippen LogP contribution in [0.3, 0.4) is 0 Å². The maximum Gasteiger partial charge on any atom is 0.262 e. The van der Waals surface area contributed by atoms with Crippen molar-refractivity contribution in [2.45, 2.75) is 0 Å². The normalized spacial score (nSPS) is 10.1. The van der Waals surface area contributed by atoms with E-state index in [0.29, 0.717) is 5.69 Å². The third-order valence-corrected chi connectivity index (χ3v) is 3.30. The minimum atomic E-state index is -0.713. The Hall–Kier alpha value is -2.80. The van der Waals surface area contributed by atoms with E-state index >= 15 is 0 Å². The molecule has 0 aromatic heterocycles. The first-order valence-electron chi connectivity index (χ1n) is 6.77. The highest BCUT2D eigenvalue weighted by atomic mass is 35.5. The number of hydrogen-bond acceptors (Lipinski definition) is 4. The van der Waals surface area contributed by atoms with Gasteiger partial charge in [-0.2, -0.15) is 0 Å². The maximum atomic E-state index is 13.1. The number of benzene rings is 2. The van der Waals surface area contributed by atoms with Crippen molar-refractivity contribution in [3.63, 3.8) is 0 Å². The summed E-state index contributed by atoms with van der Waals surface area (Å²) in [6, 6.07) is 8.36. The summed E-state index contributed by atoms with van der Waals surface area (Å²) in [6.45, 7) is -0.407. The third kappa shape index (κ3) is 4.14. The molecule has 0 unspecified atom stereocenters. The Morgan fingerprint density at radius 2 is 2.04 bits per heavy atom. The average Bonchev–Trinajstić information content (AvgIpc) is 2.55. The van der Waals surface area contributed by atoms with E-state index in [1.165, 1.54) is 25.3 Å². The van der Waals surface area contributed by atoms with Crippen LogP contribution in [-0.4, -0.2) is 25.5 Å². The molecule has 3 N–H and O–H groups in total. The molecule has 0 aliphatic heterocycles. The standard InChI is InChI=1S/C16H14ClFN2O4/c1-23-13-4-2-3-10(16(19)22)15(13)24-8-14(21)20-9-5-6-12(18)11(17)7-9/h2-7H,8H2,1H3,(H2,19,22)(H,20,21). The molecular formula is C16H14ClFN2O4. The van der Waals surface area contributed by atoms with Crippen molar-refractivity contribution in [3.8, 4) is 11.5 Å². The van der Waals surface area contributed by atoms with Crippen LogP contribution < -0.4 is 20.5 Å². The number of rotatable bonds is 6. The summed E-state index contributed by atoms with van der Waals surface area (Å²) < 4.78 is 23.5. The van der Waals surface area contributed by atoms with Crippen LogP contribution >= 0.6 is 11.6 Å². The van der Waals surface area contributed by atoms with E-state index in [4.69, 9.17) is 26.8 Å². The molecule has 2 aromatic carbocycles. The Balaban J connectivity index is 2.09. The molecule has 0 bridgehead atoms. The Labute approximate surface area is 142 Å².